The molecule has 1 N–H and O–H groups in total. The molecular formula is C22H32N4O. The van der Waals surface area contributed by atoms with E-state index < -0.39 is 0 Å². The maximum atomic E-state index is 12.1. The Bertz CT molecular complexity index is 717. The molecule has 0 bridgehead atoms. The van der Waals surface area contributed by atoms with Gasteiger partial charge >= 0.3 is 0 Å². The van der Waals surface area contributed by atoms with Crippen molar-refractivity contribution in [2.75, 3.05) is 18.4 Å². The van der Waals surface area contributed by atoms with Gasteiger partial charge in [0.15, 0.2) is 0 Å². The molecule has 3 rings (SSSR count). The third kappa shape index (κ3) is 5.93. The summed E-state index contributed by atoms with van der Waals surface area (Å²) in [5.74, 6) is 0.786. The van der Waals surface area contributed by atoms with E-state index in [1.54, 1.807) is 0 Å². The lowest BCUT2D eigenvalue weighted by atomic mass is 9.92. The van der Waals surface area contributed by atoms with Gasteiger partial charge in [0.2, 0.25) is 5.91 Å². The summed E-state index contributed by atoms with van der Waals surface area (Å²) in [5.41, 5.74) is 3.39. The van der Waals surface area contributed by atoms with Crippen molar-refractivity contribution in [1.82, 2.24) is 14.7 Å². The van der Waals surface area contributed by atoms with Gasteiger partial charge in [-0.2, -0.15) is 5.10 Å². The second kappa shape index (κ2) is 9.70. The lowest BCUT2D eigenvalue weighted by Crippen LogP contribution is -2.33. The Kier molecular flexibility index (Phi) is 7.04. The van der Waals surface area contributed by atoms with Crippen molar-refractivity contribution >= 4 is 11.6 Å². The number of nitrogens with zero attached hydrogens (tertiary/aromatic N) is 3. The second-order valence-corrected chi connectivity index (χ2v) is 7.68. The van der Waals surface area contributed by atoms with Crippen LogP contribution in [0.5, 0.6) is 0 Å². The molecule has 1 aliphatic rings. The molecule has 1 aromatic heterocycles. The number of piperidine rings is 1. The zero-order chi connectivity index (χ0) is 19.1. The number of amides is 1. The normalized spacial score (nSPS) is 15.8. The third-order valence-electron chi connectivity index (χ3n) is 5.44. The van der Waals surface area contributed by atoms with Gasteiger partial charge in [-0.25, -0.2) is 0 Å². The Morgan fingerprint density at radius 2 is 1.96 bits per heavy atom. The van der Waals surface area contributed by atoms with E-state index in [-0.39, 0.29) is 5.91 Å². The van der Waals surface area contributed by atoms with Gasteiger partial charge in [0.05, 0.1) is 5.69 Å². The number of likely N-dealkylation sites (tertiary alicyclic amines) is 1. The summed E-state index contributed by atoms with van der Waals surface area (Å²) in [7, 11) is 0. The fourth-order valence-corrected chi connectivity index (χ4v) is 3.81. The largest absolute Gasteiger partial charge is 0.326 e. The predicted octanol–water partition coefficient (Wildman–Crippen LogP) is 4.23. The van der Waals surface area contributed by atoms with Crippen LogP contribution in [0.15, 0.2) is 36.5 Å². The van der Waals surface area contributed by atoms with Crippen molar-refractivity contribution < 1.29 is 4.79 Å². The van der Waals surface area contributed by atoms with E-state index in [4.69, 9.17) is 0 Å². The fraction of sp³-hybridized carbons (Fsp3) is 0.545. The molecule has 2 aromatic rings. The Morgan fingerprint density at radius 1 is 1.22 bits per heavy atom. The van der Waals surface area contributed by atoms with Crippen molar-refractivity contribution in [2.24, 2.45) is 5.92 Å². The number of anilines is 1. The van der Waals surface area contributed by atoms with Crippen LogP contribution >= 0.6 is 0 Å². The molecule has 1 fully saturated rings. The fourth-order valence-electron chi connectivity index (χ4n) is 3.81. The topological polar surface area (TPSA) is 50.2 Å². The third-order valence-corrected chi connectivity index (χ3v) is 5.44. The average molecular weight is 369 g/mol. The van der Waals surface area contributed by atoms with Crippen LogP contribution in [0.2, 0.25) is 0 Å². The van der Waals surface area contributed by atoms with E-state index in [0.717, 1.165) is 50.4 Å². The number of nitrogens with one attached hydrogen (secondary N) is 1. The van der Waals surface area contributed by atoms with Crippen LogP contribution < -0.4 is 5.32 Å². The molecule has 0 atom stereocenters. The van der Waals surface area contributed by atoms with Gasteiger partial charge in [0.1, 0.15) is 0 Å². The first-order valence-corrected chi connectivity index (χ1v) is 10.2. The molecule has 0 saturated carbocycles. The first kappa shape index (κ1) is 19.6. The van der Waals surface area contributed by atoms with E-state index in [1.165, 1.54) is 18.4 Å². The Morgan fingerprint density at radius 3 is 2.67 bits per heavy atom. The highest BCUT2D eigenvalue weighted by Gasteiger charge is 2.21. The van der Waals surface area contributed by atoms with Crippen LogP contribution in [-0.4, -0.2) is 33.7 Å². The van der Waals surface area contributed by atoms with Crippen molar-refractivity contribution in [2.45, 2.75) is 59.0 Å². The average Bonchev–Trinajstić information content (AvgIpc) is 3.01. The van der Waals surface area contributed by atoms with Gasteiger partial charge in [0, 0.05) is 37.0 Å². The number of aromatic nitrogens is 2. The molecule has 0 unspecified atom stereocenters. The van der Waals surface area contributed by atoms with Crippen molar-refractivity contribution in [1.29, 1.82) is 0 Å². The first-order valence-electron chi connectivity index (χ1n) is 10.2. The molecule has 0 aliphatic carbocycles. The molecule has 0 radical (unpaired) electrons. The Balaban J connectivity index is 1.38. The van der Waals surface area contributed by atoms with Crippen LogP contribution in [0.3, 0.4) is 0 Å². The van der Waals surface area contributed by atoms with Crippen LogP contribution in [0, 0.1) is 12.8 Å². The van der Waals surface area contributed by atoms with E-state index >= 15 is 0 Å². The quantitative estimate of drug-likeness (QED) is 0.758. The van der Waals surface area contributed by atoms with Crippen LogP contribution in [-0.2, 0) is 17.9 Å². The zero-order valence-corrected chi connectivity index (χ0v) is 16.7. The number of hydrogen-bond acceptors (Lipinski definition) is 3. The SMILES string of the molecule is CCCn1cc(CN2CCC(CCC(=O)Nc3ccccc3)CC2)c(C)n1. The molecule has 5 nitrogen and oxygen atoms in total. The molecule has 5 heteroatoms. The van der Waals surface area contributed by atoms with Crippen LogP contribution in [0.25, 0.3) is 0 Å². The summed E-state index contributed by atoms with van der Waals surface area (Å²) >= 11 is 0. The Hall–Kier alpha value is -2.14. The van der Waals surface area contributed by atoms with E-state index in [1.807, 2.05) is 30.3 Å². The number of aryl methyl sites for hydroxylation is 2. The van der Waals surface area contributed by atoms with E-state index in [9.17, 15) is 4.79 Å². The minimum absolute atomic E-state index is 0.127. The van der Waals surface area contributed by atoms with Crippen molar-refractivity contribution in [3.63, 3.8) is 0 Å². The maximum Gasteiger partial charge on any atom is 0.224 e. The molecule has 146 valence electrons. The summed E-state index contributed by atoms with van der Waals surface area (Å²) in [6.07, 6.45) is 7.28. The smallest absolute Gasteiger partial charge is 0.224 e. The summed E-state index contributed by atoms with van der Waals surface area (Å²) < 4.78 is 2.07. The molecule has 2 heterocycles. The predicted molar refractivity (Wildman–Crippen MR) is 110 cm³/mol. The summed E-state index contributed by atoms with van der Waals surface area (Å²) in [6, 6.07) is 9.71. The standard InChI is InChI=1S/C22H32N4O/c1-3-13-26-17-20(18(2)24-26)16-25-14-11-19(12-15-25)9-10-22(27)23-21-7-5-4-6-8-21/h4-8,17,19H,3,9-16H2,1-2H3,(H,23,27). The van der Waals surface area contributed by atoms with Crippen molar-refractivity contribution in [3.05, 3.63) is 47.8 Å². The highest BCUT2D eigenvalue weighted by atomic mass is 16.1. The van der Waals surface area contributed by atoms with E-state index in [2.05, 4.69) is 40.0 Å². The minimum Gasteiger partial charge on any atom is -0.326 e. The van der Waals surface area contributed by atoms with Gasteiger partial charge in [-0.15, -0.1) is 0 Å². The van der Waals surface area contributed by atoms with Gasteiger partial charge in [-0.05, 0) is 63.7 Å². The molecular weight excluding hydrogens is 336 g/mol. The number of benzene rings is 1. The molecule has 1 aliphatic heterocycles. The molecule has 0 spiro atoms. The Labute approximate surface area is 162 Å². The number of carbonyl (C=O) groups excluding carboxylic acids is 1. The summed E-state index contributed by atoms with van der Waals surface area (Å²) in [6.45, 7) is 8.51. The summed E-state index contributed by atoms with van der Waals surface area (Å²) in [4.78, 5) is 14.7. The first-order chi connectivity index (χ1) is 13.1. The number of rotatable bonds is 8. The lowest BCUT2D eigenvalue weighted by Gasteiger charge is -2.31. The molecule has 1 amide bonds. The molecule has 1 saturated heterocycles. The van der Waals surface area contributed by atoms with Gasteiger partial charge < -0.3 is 5.32 Å². The summed E-state index contributed by atoms with van der Waals surface area (Å²) in [5, 5.41) is 7.59. The molecule has 1 aromatic carbocycles. The zero-order valence-electron chi connectivity index (χ0n) is 16.7. The lowest BCUT2D eigenvalue weighted by molar-refractivity contribution is -0.116. The van der Waals surface area contributed by atoms with Gasteiger partial charge in [-0.3, -0.25) is 14.4 Å². The van der Waals surface area contributed by atoms with Crippen molar-refractivity contribution in [3.8, 4) is 0 Å². The van der Waals surface area contributed by atoms with E-state index in [0.29, 0.717) is 12.3 Å². The number of hydrogen-bond donors (Lipinski definition) is 1. The maximum absolute atomic E-state index is 12.1. The van der Waals surface area contributed by atoms with Gasteiger partial charge in [0.25, 0.3) is 0 Å². The monoisotopic (exact) mass is 368 g/mol. The number of carbonyl (C=O) groups is 1. The highest BCUT2D eigenvalue weighted by Crippen LogP contribution is 2.24. The van der Waals surface area contributed by atoms with Gasteiger partial charge in [-0.1, -0.05) is 25.1 Å². The van der Waals surface area contributed by atoms with Crippen LogP contribution in [0.1, 0.15) is 50.3 Å². The minimum atomic E-state index is 0.127. The molecule has 27 heavy (non-hydrogen) atoms. The van der Waals surface area contributed by atoms with Crippen LogP contribution in [0.4, 0.5) is 5.69 Å². The second-order valence-electron chi connectivity index (χ2n) is 7.68. The number of para-hydroxylation sites is 1. The highest BCUT2D eigenvalue weighted by molar-refractivity contribution is 5.90.